The molecule has 0 spiro atoms. The SMILES string of the molecule is CO[C@@H]1C[C@H]2[C@@H]3OC4=C(C=C3C=C[C@]2(C)[C@H]1c1ccc2cnccc2c1)C(=O)CC(CN(C)C)C4.CO[C@@H]1C[C@H]2[C@@H]3OC4=C(C=C3C=C[C@]2(C)[C@H]1c1cccnc1)C(=O)CC(CN(C)C)C4.CO[C@@H]1C[C@H]2[C@@H]3OC4=C(C=C3CC[C@]2(C)[C@H]1c1ccc2cnccc2c1)C(=O)CC(CN(C)C)C4. The van der Waals surface area contributed by atoms with E-state index in [1.165, 1.54) is 38.4 Å². The highest BCUT2D eigenvalue weighted by molar-refractivity contribution is 6.01. The largest absolute Gasteiger partial charge is 0.489 e. The number of benzene rings is 2. The van der Waals surface area contributed by atoms with Crippen LogP contribution in [0.5, 0.6) is 0 Å². The van der Waals surface area contributed by atoms with Gasteiger partial charge in [0.2, 0.25) is 0 Å². The minimum Gasteiger partial charge on any atom is -0.489 e. The third-order valence-corrected chi connectivity index (χ3v) is 25.7. The third kappa shape index (κ3) is 12.7. The fraction of sp³-hybridized carbons (Fsp3) is 0.512. The second-order valence-corrected chi connectivity index (χ2v) is 33.0. The van der Waals surface area contributed by atoms with E-state index in [4.69, 9.17) is 28.4 Å². The van der Waals surface area contributed by atoms with Crippen LogP contribution in [0.4, 0.5) is 0 Å². The molecular weight excluding hydrogens is 1260 g/mol. The van der Waals surface area contributed by atoms with Gasteiger partial charge in [0.15, 0.2) is 17.3 Å². The summed E-state index contributed by atoms with van der Waals surface area (Å²) in [5.74, 6) is 6.07. The molecule has 5 aromatic rings. The highest BCUT2D eigenvalue weighted by atomic mass is 16.5. The summed E-state index contributed by atoms with van der Waals surface area (Å²) < 4.78 is 38.5. The Kier molecular flexibility index (Phi) is 18.9. The van der Waals surface area contributed by atoms with Crippen LogP contribution in [0.1, 0.15) is 126 Å². The molecule has 3 unspecified atom stereocenters. The van der Waals surface area contributed by atoms with Gasteiger partial charge in [-0.25, -0.2) is 0 Å². The van der Waals surface area contributed by atoms with Crippen LogP contribution < -0.4 is 0 Å². The van der Waals surface area contributed by atoms with Crippen molar-refractivity contribution in [2.75, 3.05) is 83.2 Å². The lowest BCUT2D eigenvalue weighted by atomic mass is 9.61. The molecule has 2 aromatic carbocycles. The maximum atomic E-state index is 13.0. The quantitative estimate of drug-likeness (QED) is 0.116. The zero-order valence-electron chi connectivity index (χ0n) is 61.2. The van der Waals surface area contributed by atoms with Crippen LogP contribution in [0.15, 0.2) is 191 Å². The molecule has 12 aliphatic rings. The van der Waals surface area contributed by atoms with Crippen LogP contribution in [0, 0.1) is 51.8 Å². The number of pyridine rings is 3. The topological polar surface area (TPSA) is 155 Å². The Morgan fingerprint density at radius 3 is 1.35 bits per heavy atom. The first-order valence-electron chi connectivity index (χ1n) is 37.1. The Balaban J connectivity index is 0.000000123. The lowest BCUT2D eigenvalue weighted by Crippen LogP contribution is -2.44. The summed E-state index contributed by atoms with van der Waals surface area (Å²) in [6, 6.07) is 21.8. The molecule has 15 heteroatoms. The third-order valence-electron chi connectivity index (χ3n) is 25.7. The molecule has 0 amide bonds. The first-order valence-corrected chi connectivity index (χ1v) is 37.1. The Morgan fingerprint density at radius 1 is 0.465 bits per heavy atom. The number of carbonyl (C=O) groups is 3. The van der Waals surface area contributed by atoms with E-state index in [0.717, 1.165) is 122 Å². The van der Waals surface area contributed by atoms with Crippen molar-refractivity contribution in [1.82, 2.24) is 29.7 Å². The van der Waals surface area contributed by atoms with E-state index < -0.39 is 0 Å². The molecule has 4 saturated carbocycles. The molecule has 9 aliphatic carbocycles. The minimum atomic E-state index is -0.108. The highest BCUT2D eigenvalue weighted by Gasteiger charge is 2.61. The molecule has 101 heavy (non-hydrogen) atoms. The van der Waals surface area contributed by atoms with Gasteiger partial charge in [0.1, 0.15) is 35.6 Å². The Bertz CT molecular complexity index is 4330. The van der Waals surface area contributed by atoms with Gasteiger partial charge < -0.3 is 43.1 Å². The van der Waals surface area contributed by atoms with Crippen molar-refractivity contribution in [3.05, 3.63) is 208 Å². The van der Waals surface area contributed by atoms with Crippen LogP contribution in [0.3, 0.4) is 0 Å². The van der Waals surface area contributed by atoms with Gasteiger partial charge in [0, 0.05) is 174 Å². The summed E-state index contributed by atoms with van der Waals surface area (Å²) in [7, 11) is 17.9. The van der Waals surface area contributed by atoms with Gasteiger partial charge in [0.05, 0.1) is 35.0 Å². The Labute approximate surface area is 596 Å². The molecule has 18 atom stereocenters. The van der Waals surface area contributed by atoms with Crippen LogP contribution >= 0.6 is 0 Å². The van der Waals surface area contributed by atoms with Gasteiger partial charge in [-0.15, -0.1) is 0 Å². The van der Waals surface area contributed by atoms with E-state index in [0.29, 0.717) is 48.9 Å². The maximum absolute atomic E-state index is 13.0. The Morgan fingerprint density at radius 2 is 0.891 bits per heavy atom. The summed E-state index contributed by atoms with van der Waals surface area (Å²) in [6.45, 7) is 9.86. The summed E-state index contributed by atoms with van der Waals surface area (Å²) in [6.07, 6.45) is 36.5. The van der Waals surface area contributed by atoms with Gasteiger partial charge in [-0.2, -0.15) is 0 Å². The molecule has 0 N–H and O–H groups in total. The second kappa shape index (κ2) is 27.6. The van der Waals surface area contributed by atoms with Gasteiger partial charge in [0.25, 0.3) is 0 Å². The van der Waals surface area contributed by atoms with E-state index in [1.54, 1.807) is 0 Å². The number of aromatic nitrogens is 3. The summed E-state index contributed by atoms with van der Waals surface area (Å²) >= 11 is 0. The van der Waals surface area contributed by atoms with Crippen molar-refractivity contribution in [2.24, 2.45) is 51.8 Å². The zero-order chi connectivity index (χ0) is 70.4. The van der Waals surface area contributed by atoms with E-state index in [-0.39, 0.29) is 93.9 Å². The van der Waals surface area contributed by atoms with E-state index in [2.05, 4.69) is 190 Å². The zero-order valence-corrected chi connectivity index (χ0v) is 61.2. The number of hydrogen-bond acceptors (Lipinski definition) is 15. The molecule has 0 radical (unpaired) electrons. The highest BCUT2D eigenvalue weighted by Crippen LogP contribution is 2.65. The number of allylic oxidation sites excluding steroid dienone is 11. The van der Waals surface area contributed by atoms with E-state index in [1.807, 2.05) is 64.6 Å². The predicted molar refractivity (Wildman–Crippen MR) is 393 cm³/mol. The average molecular weight is 1360 g/mol. The van der Waals surface area contributed by atoms with Crippen LogP contribution in [-0.2, 0) is 42.8 Å². The van der Waals surface area contributed by atoms with Crippen molar-refractivity contribution in [3.8, 4) is 0 Å². The molecule has 15 nitrogen and oxygen atoms in total. The second-order valence-electron chi connectivity index (χ2n) is 33.0. The molecule has 0 bridgehead atoms. The Hall–Kier alpha value is -7.50. The normalized spacial score (nSPS) is 34.9. The van der Waals surface area contributed by atoms with Crippen LogP contribution in [-0.4, -0.2) is 167 Å². The first-order chi connectivity index (χ1) is 48.6. The van der Waals surface area contributed by atoms with Gasteiger partial charge in [-0.3, -0.25) is 29.3 Å². The molecule has 3 aromatic heterocycles. The summed E-state index contributed by atoms with van der Waals surface area (Å²) in [4.78, 5) is 58.3. The number of hydrogen-bond donors (Lipinski definition) is 0. The van der Waals surface area contributed by atoms with Crippen molar-refractivity contribution >= 4 is 38.9 Å². The lowest BCUT2D eigenvalue weighted by Gasteiger charge is -2.48. The average Bonchev–Trinajstić information content (AvgIpc) is 1.61. The summed E-state index contributed by atoms with van der Waals surface area (Å²) in [5, 5.41) is 4.75. The molecule has 17 rings (SSSR count). The molecular formula is C86H102N6O9. The number of rotatable bonds is 12. The van der Waals surface area contributed by atoms with Gasteiger partial charge >= 0.3 is 0 Å². The number of ketones is 3. The molecule has 4 fully saturated rings. The van der Waals surface area contributed by atoms with Crippen molar-refractivity contribution in [3.63, 3.8) is 0 Å². The monoisotopic (exact) mass is 1360 g/mol. The van der Waals surface area contributed by atoms with E-state index in [9.17, 15) is 14.4 Å². The number of ether oxygens (including phenoxy) is 6. The summed E-state index contributed by atoms with van der Waals surface area (Å²) in [5.41, 5.74) is 9.73. The maximum Gasteiger partial charge on any atom is 0.166 e. The number of fused-ring (bicyclic) bond motifs is 11. The fourth-order valence-corrected chi connectivity index (χ4v) is 21.2. The molecule has 6 heterocycles. The van der Waals surface area contributed by atoms with E-state index >= 15 is 0 Å². The van der Waals surface area contributed by atoms with Gasteiger partial charge in [-0.1, -0.05) is 87.5 Å². The number of carbonyl (C=O) groups excluding carboxylic acids is 3. The van der Waals surface area contributed by atoms with Crippen molar-refractivity contribution in [2.45, 2.75) is 146 Å². The van der Waals surface area contributed by atoms with Crippen molar-refractivity contribution in [1.29, 1.82) is 0 Å². The first kappa shape index (κ1) is 69.2. The smallest absolute Gasteiger partial charge is 0.166 e. The molecule has 3 aliphatic heterocycles. The van der Waals surface area contributed by atoms with Crippen LogP contribution in [0.25, 0.3) is 21.5 Å². The number of nitrogens with zero attached hydrogens (tertiary/aromatic N) is 6. The number of methoxy groups -OCH3 is 3. The van der Waals surface area contributed by atoms with Gasteiger partial charge in [-0.05, 0) is 178 Å². The fourth-order valence-electron chi connectivity index (χ4n) is 21.2. The minimum absolute atomic E-state index is 0.0287. The molecule has 530 valence electrons. The number of Topliss-reactive ketones (excluding diaryl/α,β-unsaturated/α-hetero) is 3. The van der Waals surface area contributed by atoms with Crippen LogP contribution in [0.2, 0.25) is 0 Å². The lowest BCUT2D eigenvalue weighted by molar-refractivity contribution is -0.118. The molecule has 0 saturated heterocycles. The predicted octanol–water partition coefficient (Wildman–Crippen LogP) is 14.2. The van der Waals surface area contributed by atoms with Crippen molar-refractivity contribution < 1.29 is 42.8 Å². The standard InChI is InChI=1S/C30H36N2O3.C30H34N2O3.C26H32N2O3/c2*1-30-9-7-21-14-23-25(33)11-18(17-32(2)3)12-26(23)35-29(21)24(30)15-27(34-4)28(30)20-5-6-22-16-31-10-8-19(22)13-20;1-26-8-7-17-12-19-21(29)10-16(15-28(2)3)11-22(19)31-25(17)20(26)13-23(30-4)24(26)18-6-5-9-27-14-18/h5-6,8,10,13-14,16,18,24,27-29H,7,9,11-12,15,17H2,1-4H3;5-10,13-14,16,18,24,27-29H,11-12,15,17H2,1-4H3;5-9,12,14,16,20,23-25H,10-11,13,15H2,1-4H3/t2*18?,24-,27+,28-,29+,30-;16?,20-,23+,24-,25+,26-/m000/s1.